The monoisotopic (exact) mass is 275 g/mol. The van der Waals surface area contributed by atoms with Crippen LogP contribution in [0.4, 0.5) is 0 Å². The molecule has 0 radical (unpaired) electrons. The second-order valence-corrected chi connectivity index (χ2v) is 6.50. The van der Waals surface area contributed by atoms with Gasteiger partial charge >= 0.3 is 0 Å². The minimum absolute atomic E-state index is 0.140. The van der Waals surface area contributed by atoms with Gasteiger partial charge in [0.25, 0.3) is 0 Å². The second-order valence-electron chi connectivity index (χ2n) is 4.32. The first-order valence-corrected chi connectivity index (χ1v) is 7.61. The molecule has 18 heavy (non-hydrogen) atoms. The van der Waals surface area contributed by atoms with Crippen LogP contribution in [0.1, 0.15) is 31.7 Å². The van der Waals surface area contributed by atoms with Gasteiger partial charge in [0.1, 0.15) is 0 Å². The molecule has 0 spiro atoms. The molecule has 1 aromatic rings. The van der Waals surface area contributed by atoms with E-state index in [0.29, 0.717) is 12.3 Å². The molecule has 104 valence electrons. The van der Waals surface area contributed by atoms with Crippen LogP contribution >= 0.6 is 0 Å². The fourth-order valence-corrected chi connectivity index (χ4v) is 2.37. The van der Waals surface area contributed by atoms with Crippen LogP contribution in [0.2, 0.25) is 0 Å². The van der Waals surface area contributed by atoms with E-state index in [1.807, 2.05) is 6.92 Å². The van der Waals surface area contributed by atoms with Gasteiger partial charge in [-0.05, 0) is 26.8 Å². The van der Waals surface area contributed by atoms with E-state index in [-0.39, 0.29) is 6.54 Å². The van der Waals surface area contributed by atoms with Crippen LogP contribution in [-0.4, -0.2) is 31.9 Å². The molecule has 7 heteroatoms. The molecule has 0 fully saturated rings. The van der Waals surface area contributed by atoms with Crippen molar-refractivity contribution in [3.63, 3.8) is 0 Å². The number of aromatic nitrogens is 1. The van der Waals surface area contributed by atoms with Gasteiger partial charge < -0.3 is 9.84 Å². The number of aryl methyl sites for hydroxylation is 1. The Morgan fingerprint density at radius 2 is 2.22 bits per heavy atom. The van der Waals surface area contributed by atoms with E-state index in [1.165, 1.54) is 0 Å². The fourth-order valence-electron chi connectivity index (χ4n) is 1.41. The van der Waals surface area contributed by atoms with Crippen molar-refractivity contribution in [2.45, 2.75) is 39.0 Å². The summed E-state index contributed by atoms with van der Waals surface area (Å²) in [6, 6.07) is 1.71. The minimum Gasteiger partial charge on any atom is -0.360 e. The molecular weight excluding hydrogens is 254 g/mol. The van der Waals surface area contributed by atoms with E-state index in [4.69, 9.17) is 4.52 Å². The number of nitrogens with zero attached hydrogens (tertiary/aromatic N) is 1. The Balaban J connectivity index is 2.43. The Bertz CT molecular complexity index is 456. The Hall–Kier alpha value is -0.920. The van der Waals surface area contributed by atoms with Gasteiger partial charge in [-0.25, -0.2) is 13.1 Å². The van der Waals surface area contributed by atoms with Crippen molar-refractivity contribution in [1.29, 1.82) is 0 Å². The maximum absolute atomic E-state index is 11.9. The average molecular weight is 275 g/mol. The van der Waals surface area contributed by atoms with Gasteiger partial charge in [-0.3, -0.25) is 0 Å². The van der Waals surface area contributed by atoms with Crippen LogP contribution in [0.5, 0.6) is 0 Å². The van der Waals surface area contributed by atoms with E-state index in [0.717, 1.165) is 18.7 Å². The SMILES string of the molecule is CCCNCC(C)S(=O)(=O)NCc1cc(C)no1. The van der Waals surface area contributed by atoms with E-state index in [9.17, 15) is 8.42 Å². The number of hydrogen-bond donors (Lipinski definition) is 2. The van der Waals surface area contributed by atoms with Crippen molar-refractivity contribution in [3.05, 3.63) is 17.5 Å². The lowest BCUT2D eigenvalue weighted by molar-refractivity contribution is 0.376. The Labute approximate surface area is 108 Å². The van der Waals surface area contributed by atoms with Gasteiger partial charge in [0.05, 0.1) is 17.5 Å². The highest BCUT2D eigenvalue weighted by Gasteiger charge is 2.20. The largest absolute Gasteiger partial charge is 0.360 e. The second kappa shape index (κ2) is 6.86. The van der Waals surface area contributed by atoms with E-state index < -0.39 is 15.3 Å². The summed E-state index contributed by atoms with van der Waals surface area (Å²) >= 11 is 0. The molecule has 1 rings (SSSR count). The summed E-state index contributed by atoms with van der Waals surface area (Å²) in [5.41, 5.74) is 0.738. The summed E-state index contributed by atoms with van der Waals surface area (Å²) in [6.07, 6.45) is 0.984. The molecule has 1 aromatic heterocycles. The molecule has 2 N–H and O–H groups in total. The topological polar surface area (TPSA) is 84.2 Å². The van der Waals surface area contributed by atoms with E-state index >= 15 is 0 Å². The molecule has 0 amide bonds. The minimum atomic E-state index is -3.33. The highest BCUT2D eigenvalue weighted by molar-refractivity contribution is 7.90. The molecule has 1 heterocycles. The van der Waals surface area contributed by atoms with E-state index in [1.54, 1.807) is 19.9 Å². The van der Waals surface area contributed by atoms with Gasteiger partial charge in [0.2, 0.25) is 10.0 Å². The number of sulfonamides is 1. The lowest BCUT2D eigenvalue weighted by Crippen LogP contribution is -2.38. The molecule has 0 aliphatic rings. The summed E-state index contributed by atoms with van der Waals surface area (Å²) in [5.74, 6) is 0.518. The van der Waals surface area contributed by atoms with Crippen LogP contribution in [0.3, 0.4) is 0 Å². The van der Waals surface area contributed by atoms with Crippen LogP contribution in [0.25, 0.3) is 0 Å². The summed E-state index contributed by atoms with van der Waals surface area (Å²) in [6.45, 7) is 6.91. The molecule has 0 aliphatic carbocycles. The maximum atomic E-state index is 11.9. The van der Waals surface area contributed by atoms with Crippen molar-refractivity contribution >= 4 is 10.0 Å². The first-order valence-electron chi connectivity index (χ1n) is 6.07. The van der Waals surface area contributed by atoms with Crippen molar-refractivity contribution in [3.8, 4) is 0 Å². The van der Waals surface area contributed by atoms with Crippen molar-refractivity contribution < 1.29 is 12.9 Å². The van der Waals surface area contributed by atoms with E-state index in [2.05, 4.69) is 15.2 Å². The third-order valence-corrected chi connectivity index (χ3v) is 4.29. The summed E-state index contributed by atoms with van der Waals surface area (Å²) in [5, 5.41) is 6.31. The molecule has 1 unspecified atom stereocenters. The molecular formula is C11H21N3O3S. The van der Waals surface area contributed by atoms with Crippen LogP contribution in [0.15, 0.2) is 10.6 Å². The standard InChI is InChI=1S/C11H21N3O3S/c1-4-5-12-7-10(3)18(15,16)13-8-11-6-9(2)14-17-11/h6,10,12-13H,4-5,7-8H2,1-3H3. The molecule has 1 atom stereocenters. The first-order chi connectivity index (χ1) is 8.45. The van der Waals surface area contributed by atoms with Crippen molar-refractivity contribution in [2.24, 2.45) is 0 Å². The summed E-state index contributed by atoms with van der Waals surface area (Å²) in [7, 11) is -3.33. The lowest BCUT2D eigenvalue weighted by Gasteiger charge is -2.13. The van der Waals surface area contributed by atoms with Crippen molar-refractivity contribution in [1.82, 2.24) is 15.2 Å². The van der Waals surface area contributed by atoms with Gasteiger partial charge in [-0.1, -0.05) is 12.1 Å². The third-order valence-electron chi connectivity index (χ3n) is 2.51. The molecule has 0 saturated carbocycles. The highest BCUT2D eigenvalue weighted by atomic mass is 32.2. The molecule has 0 saturated heterocycles. The number of nitrogens with one attached hydrogen (secondary N) is 2. The zero-order valence-electron chi connectivity index (χ0n) is 11.1. The first kappa shape index (κ1) is 15.1. The molecule has 0 aromatic carbocycles. The van der Waals surface area contributed by atoms with Gasteiger partial charge in [0, 0.05) is 12.6 Å². The molecule has 6 nitrogen and oxygen atoms in total. The third kappa shape index (κ3) is 4.75. The van der Waals surface area contributed by atoms with Gasteiger partial charge in [0.15, 0.2) is 5.76 Å². The zero-order valence-corrected chi connectivity index (χ0v) is 11.9. The van der Waals surface area contributed by atoms with Crippen LogP contribution in [-0.2, 0) is 16.6 Å². The highest BCUT2D eigenvalue weighted by Crippen LogP contribution is 2.04. The maximum Gasteiger partial charge on any atom is 0.215 e. The van der Waals surface area contributed by atoms with Crippen LogP contribution in [0, 0.1) is 6.92 Å². The number of rotatable bonds is 8. The quantitative estimate of drug-likeness (QED) is 0.685. The smallest absolute Gasteiger partial charge is 0.215 e. The Morgan fingerprint density at radius 1 is 1.50 bits per heavy atom. The molecule has 0 bridgehead atoms. The predicted molar refractivity (Wildman–Crippen MR) is 69.6 cm³/mol. The number of hydrogen-bond acceptors (Lipinski definition) is 5. The molecule has 0 aliphatic heterocycles. The zero-order chi connectivity index (χ0) is 13.6. The van der Waals surface area contributed by atoms with Crippen LogP contribution < -0.4 is 10.0 Å². The fraction of sp³-hybridized carbons (Fsp3) is 0.727. The average Bonchev–Trinajstić information content (AvgIpc) is 2.73. The Morgan fingerprint density at radius 3 is 2.78 bits per heavy atom. The van der Waals surface area contributed by atoms with Gasteiger partial charge in [-0.15, -0.1) is 0 Å². The van der Waals surface area contributed by atoms with Gasteiger partial charge in [-0.2, -0.15) is 0 Å². The lowest BCUT2D eigenvalue weighted by atomic mass is 10.4. The normalized spacial score (nSPS) is 13.7. The predicted octanol–water partition coefficient (Wildman–Crippen LogP) is 0.791. The summed E-state index contributed by atoms with van der Waals surface area (Å²) < 4.78 is 31.2. The Kier molecular flexibility index (Phi) is 5.77. The van der Waals surface area contributed by atoms with Crippen molar-refractivity contribution in [2.75, 3.05) is 13.1 Å². The summed E-state index contributed by atoms with van der Waals surface area (Å²) in [4.78, 5) is 0.